The first-order chi connectivity index (χ1) is 6.14. The Morgan fingerprint density at radius 2 is 2.31 bits per heavy atom. The lowest BCUT2D eigenvalue weighted by Crippen LogP contribution is -2.32. The summed E-state index contributed by atoms with van der Waals surface area (Å²) >= 11 is 1.86. The molecule has 0 bridgehead atoms. The number of hydrogen-bond donors (Lipinski definition) is 2. The second kappa shape index (κ2) is 5.19. The molecular formula is C7H15NO3S2. The molecule has 1 aliphatic heterocycles. The molecule has 1 unspecified atom stereocenters. The predicted octanol–water partition coefficient (Wildman–Crippen LogP) is -0.349. The van der Waals surface area contributed by atoms with Gasteiger partial charge in [-0.25, -0.2) is 13.1 Å². The summed E-state index contributed by atoms with van der Waals surface area (Å²) in [7, 11) is -3.23. The molecule has 1 rings (SSSR count). The van der Waals surface area contributed by atoms with Crippen LogP contribution in [0, 0.1) is 5.92 Å². The molecule has 0 spiro atoms. The lowest BCUT2D eigenvalue weighted by molar-refractivity contribution is 0.319. The number of thioether (sulfide) groups is 1. The average molecular weight is 225 g/mol. The fourth-order valence-corrected chi connectivity index (χ4v) is 3.34. The zero-order chi connectivity index (χ0) is 9.73. The van der Waals surface area contributed by atoms with Crippen molar-refractivity contribution in [3.63, 3.8) is 0 Å². The molecule has 1 atom stereocenters. The monoisotopic (exact) mass is 225 g/mol. The summed E-state index contributed by atoms with van der Waals surface area (Å²) in [5.41, 5.74) is 0. The maximum Gasteiger partial charge on any atom is 0.213 e. The van der Waals surface area contributed by atoms with Gasteiger partial charge in [0.2, 0.25) is 10.0 Å². The molecule has 0 aliphatic carbocycles. The quantitative estimate of drug-likeness (QED) is 0.671. The molecule has 6 heteroatoms. The van der Waals surface area contributed by atoms with Crippen molar-refractivity contribution >= 4 is 21.8 Å². The molecule has 1 fully saturated rings. The van der Waals surface area contributed by atoms with E-state index in [9.17, 15) is 8.42 Å². The lowest BCUT2D eigenvalue weighted by Gasteiger charge is -2.09. The standard InChI is InChI=1S/C7H15NO3S2/c9-2-4-13(10,11)8-5-7-1-3-12-6-7/h7-9H,1-6H2. The maximum atomic E-state index is 11.1. The zero-order valence-electron chi connectivity index (χ0n) is 7.40. The van der Waals surface area contributed by atoms with Crippen molar-refractivity contribution in [2.75, 3.05) is 30.4 Å². The van der Waals surface area contributed by atoms with Crippen molar-refractivity contribution in [2.45, 2.75) is 6.42 Å². The van der Waals surface area contributed by atoms with Crippen LogP contribution in [0.2, 0.25) is 0 Å². The minimum atomic E-state index is -3.23. The molecule has 0 amide bonds. The first-order valence-corrected chi connectivity index (χ1v) is 7.10. The van der Waals surface area contributed by atoms with Crippen molar-refractivity contribution in [2.24, 2.45) is 5.92 Å². The first-order valence-electron chi connectivity index (χ1n) is 4.30. The normalized spacial score (nSPS) is 23.6. The Kier molecular flexibility index (Phi) is 4.51. The largest absolute Gasteiger partial charge is 0.395 e. The molecule has 1 saturated heterocycles. The van der Waals surface area contributed by atoms with E-state index in [0.717, 1.165) is 17.9 Å². The Labute approximate surface area is 83.2 Å². The molecule has 0 aromatic rings. The van der Waals surface area contributed by atoms with E-state index in [1.165, 1.54) is 0 Å². The summed E-state index contributed by atoms with van der Waals surface area (Å²) in [6, 6.07) is 0. The molecule has 4 nitrogen and oxygen atoms in total. The number of hydrogen-bond acceptors (Lipinski definition) is 4. The highest BCUT2D eigenvalue weighted by atomic mass is 32.2. The maximum absolute atomic E-state index is 11.1. The Morgan fingerprint density at radius 3 is 2.85 bits per heavy atom. The van der Waals surface area contributed by atoms with E-state index < -0.39 is 10.0 Å². The van der Waals surface area contributed by atoms with Crippen LogP contribution in [0.4, 0.5) is 0 Å². The lowest BCUT2D eigenvalue weighted by atomic mass is 10.1. The van der Waals surface area contributed by atoms with E-state index in [0.29, 0.717) is 12.5 Å². The number of aliphatic hydroxyl groups excluding tert-OH is 1. The second-order valence-corrected chi connectivity index (χ2v) is 6.20. The predicted molar refractivity (Wildman–Crippen MR) is 54.3 cm³/mol. The molecule has 0 saturated carbocycles. The van der Waals surface area contributed by atoms with Gasteiger partial charge < -0.3 is 5.11 Å². The SMILES string of the molecule is O=S(=O)(CCO)NCC1CCSC1. The van der Waals surface area contributed by atoms with Gasteiger partial charge in [-0.15, -0.1) is 0 Å². The van der Waals surface area contributed by atoms with E-state index in [-0.39, 0.29) is 12.4 Å². The minimum Gasteiger partial charge on any atom is -0.395 e. The highest BCUT2D eigenvalue weighted by molar-refractivity contribution is 7.99. The molecule has 2 N–H and O–H groups in total. The summed E-state index contributed by atoms with van der Waals surface area (Å²) in [6.07, 6.45) is 1.09. The van der Waals surface area contributed by atoms with Crippen LogP contribution < -0.4 is 4.72 Å². The van der Waals surface area contributed by atoms with Crippen molar-refractivity contribution in [1.29, 1.82) is 0 Å². The highest BCUT2D eigenvalue weighted by Crippen LogP contribution is 2.22. The van der Waals surface area contributed by atoms with Gasteiger partial charge in [-0.2, -0.15) is 11.8 Å². The Balaban J connectivity index is 2.24. The van der Waals surface area contributed by atoms with Crippen molar-refractivity contribution in [3.05, 3.63) is 0 Å². The van der Waals surface area contributed by atoms with Gasteiger partial charge in [-0.3, -0.25) is 0 Å². The van der Waals surface area contributed by atoms with E-state index in [4.69, 9.17) is 5.11 Å². The Morgan fingerprint density at radius 1 is 1.54 bits per heavy atom. The fraction of sp³-hybridized carbons (Fsp3) is 1.00. The molecule has 0 aromatic heterocycles. The molecule has 0 radical (unpaired) electrons. The molecular weight excluding hydrogens is 210 g/mol. The van der Waals surface area contributed by atoms with Gasteiger partial charge in [-0.05, 0) is 23.8 Å². The summed E-state index contributed by atoms with van der Waals surface area (Å²) in [6.45, 7) is 0.212. The van der Waals surface area contributed by atoms with Crippen LogP contribution in [0.5, 0.6) is 0 Å². The highest BCUT2D eigenvalue weighted by Gasteiger charge is 2.18. The van der Waals surface area contributed by atoms with Crippen LogP contribution in [0.1, 0.15) is 6.42 Å². The zero-order valence-corrected chi connectivity index (χ0v) is 9.03. The third kappa shape index (κ3) is 4.30. The average Bonchev–Trinajstić information content (AvgIpc) is 2.52. The van der Waals surface area contributed by atoms with Crippen LogP contribution in [-0.4, -0.2) is 43.9 Å². The van der Waals surface area contributed by atoms with Crippen molar-refractivity contribution in [1.82, 2.24) is 4.72 Å². The van der Waals surface area contributed by atoms with Gasteiger partial charge in [0.15, 0.2) is 0 Å². The number of sulfonamides is 1. The molecule has 1 aliphatic rings. The van der Waals surface area contributed by atoms with E-state index in [1.54, 1.807) is 0 Å². The van der Waals surface area contributed by atoms with Gasteiger partial charge in [0.25, 0.3) is 0 Å². The van der Waals surface area contributed by atoms with Crippen LogP contribution in [-0.2, 0) is 10.0 Å². The van der Waals surface area contributed by atoms with E-state index in [1.807, 2.05) is 11.8 Å². The third-order valence-corrected chi connectivity index (χ3v) is 4.53. The number of nitrogens with one attached hydrogen (secondary N) is 1. The Bertz CT molecular complexity index is 234. The molecule has 1 heterocycles. The van der Waals surface area contributed by atoms with Crippen LogP contribution >= 0.6 is 11.8 Å². The smallest absolute Gasteiger partial charge is 0.213 e. The van der Waals surface area contributed by atoms with Gasteiger partial charge in [-0.1, -0.05) is 0 Å². The summed E-state index contributed by atoms with van der Waals surface area (Å²) in [4.78, 5) is 0. The van der Waals surface area contributed by atoms with Gasteiger partial charge >= 0.3 is 0 Å². The van der Waals surface area contributed by atoms with E-state index in [2.05, 4.69) is 4.72 Å². The third-order valence-electron chi connectivity index (χ3n) is 1.98. The van der Waals surface area contributed by atoms with E-state index >= 15 is 0 Å². The molecule has 78 valence electrons. The van der Waals surface area contributed by atoms with Gasteiger partial charge in [0.1, 0.15) is 0 Å². The van der Waals surface area contributed by atoms with Crippen LogP contribution in [0.25, 0.3) is 0 Å². The molecule has 13 heavy (non-hydrogen) atoms. The summed E-state index contributed by atoms with van der Waals surface area (Å²) in [5, 5.41) is 8.47. The minimum absolute atomic E-state index is 0.188. The number of aliphatic hydroxyl groups is 1. The second-order valence-electron chi connectivity index (χ2n) is 3.12. The van der Waals surface area contributed by atoms with Gasteiger partial charge in [0.05, 0.1) is 12.4 Å². The summed E-state index contributed by atoms with van der Waals surface area (Å²) < 4.78 is 24.7. The Hall–Kier alpha value is 0.220. The van der Waals surface area contributed by atoms with Gasteiger partial charge in [0, 0.05) is 6.54 Å². The summed E-state index contributed by atoms with van der Waals surface area (Å²) in [5.74, 6) is 2.46. The number of rotatable bonds is 5. The van der Waals surface area contributed by atoms with Crippen LogP contribution in [0.3, 0.4) is 0 Å². The topological polar surface area (TPSA) is 66.4 Å². The first kappa shape index (κ1) is 11.3. The fourth-order valence-electron chi connectivity index (χ4n) is 1.18. The van der Waals surface area contributed by atoms with Crippen LogP contribution in [0.15, 0.2) is 0 Å². The molecule has 0 aromatic carbocycles. The van der Waals surface area contributed by atoms with Crippen molar-refractivity contribution < 1.29 is 13.5 Å². The van der Waals surface area contributed by atoms with Crippen molar-refractivity contribution in [3.8, 4) is 0 Å².